The van der Waals surface area contributed by atoms with E-state index in [0.717, 1.165) is 37.4 Å². The third-order valence-electron chi connectivity index (χ3n) is 5.52. The zero-order valence-electron chi connectivity index (χ0n) is 17.5. The average molecular weight is 405 g/mol. The maximum absolute atomic E-state index is 12.4. The van der Waals surface area contributed by atoms with Gasteiger partial charge in [-0.1, -0.05) is 30.3 Å². The molecule has 7 heteroatoms. The SMILES string of the molecule is CC(C)N1CCN(c2ccc(Nc3nnc(Cc4ccccc4)c(=O)[nH]3)cc2)CC1. The number of H-pyrrole nitrogens is 1. The number of nitrogens with one attached hydrogen (secondary N) is 2. The number of aromatic nitrogens is 3. The first-order valence-electron chi connectivity index (χ1n) is 10.4. The van der Waals surface area contributed by atoms with Crippen molar-refractivity contribution >= 4 is 17.3 Å². The fourth-order valence-electron chi connectivity index (χ4n) is 3.71. The lowest BCUT2D eigenvalue weighted by Gasteiger charge is -2.38. The molecule has 0 radical (unpaired) electrons. The van der Waals surface area contributed by atoms with Crippen molar-refractivity contribution in [2.24, 2.45) is 0 Å². The van der Waals surface area contributed by atoms with Crippen molar-refractivity contribution in [2.45, 2.75) is 26.3 Å². The van der Waals surface area contributed by atoms with Crippen LogP contribution in [0.3, 0.4) is 0 Å². The van der Waals surface area contributed by atoms with E-state index in [0.29, 0.717) is 24.1 Å². The topological polar surface area (TPSA) is 77.2 Å². The Morgan fingerprint density at radius 1 is 0.967 bits per heavy atom. The fraction of sp³-hybridized carbons (Fsp3) is 0.348. The second-order valence-corrected chi connectivity index (χ2v) is 7.90. The molecule has 156 valence electrons. The van der Waals surface area contributed by atoms with Crippen LogP contribution in [-0.4, -0.2) is 52.3 Å². The van der Waals surface area contributed by atoms with Gasteiger partial charge in [0, 0.05) is 50.0 Å². The highest BCUT2D eigenvalue weighted by molar-refractivity contribution is 5.59. The van der Waals surface area contributed by atoms with E-state index in [4.69, 9.17) is 0 Å². The summed E-state index contributed by atoms with van der Waals surface area (Å²) in [6.45, 7) is 8.74. The minimum Gasteiger partial charge on any atom is -0.369 e. The number of hydrogen-bond acceptors (Lipinski definition) is 6. The van der Waals surface area contributed by atoms with Gasteiger partial charge >= 0.3 is 0 Å². The molecule has 4 rings (SSSR count). The molecule has 0 saturated carbocycles. The summed E-state index contributed by atoms with van der Waals surface area (Å²) in [4.78, 5) is 20.1. The first-order valence-corrected chi connectivity index (χ1v) is 10.4. The van der Waals surface area contributed by atoms with Crippen molar-refractivity contribution in [2.75, 3.05) is 36.4 Å². The summed E-state index contributed by atoms with van der Waals surface area (Å²) in [7, 11) is 0. The van der Waals surface area contributed by atoms with Crippen LogP contribution in [0.15, 0.2) is 59.4 Å². The van der Waals surface area contributed by atoms with E-state index in [1.807, 2.05) is 42.5 Å². The summed E-state index contributed by atoms with van der Waals surface area (Å²) in [5.41, 5.74) is 3.28. The predicted octanol–water partition coefficient (Wildman–Crippen LogP) is 3.03. The molecule has 1 aromatic heterocycles. The molecule has 2 aromatic carbocycles. The van der Waals surface area contributed by atoms with Gasteiger partial charge in [0.1, 0.15) is 5.69 Å². The van der Waals surface area contributed by atoms with E-state index in [2.05, 4.69) is 56.3 Å². The van der Waals surface area contributed by atoms with E-state index in [1.54, 1.807) is 0 Å². The summed E-state index contributed by atoms with van der Waals surface area (Å²) in [6.07, 6.45) is 0.461. The third kappa shape index (κ3) is 4.86. The van der Waals surface area contributed by atoms with Crippen LogP contribution in [0.1, 0.15) is 25.1 Å². The Bertz CT molecular complexity index is 1010. The largest absolute Gasteiger partial charge is 0.369 e. The first-order chi connectivity index (χ1) is 14.6. The molecule has 1 fully saturated rings. The highest BCUT2D eigenvalue weighted by Gasteiger charge is 2.18. The van der Waals surface area contributed by atoms with E-state index in [1.165, 1.54) is 5.69 Å². The molecule has 1 aliphatic rings. The average Bonchev–Trinajstić information content (AvgIpc) is 2.77. The number of anilines is 3. The molecule has 0 atom stereocenters. The highest BCUT2D eigenvalue weighted by atomic mass is 16.1. The van der Waals surface area contributed by atoms with Gasteiger partial charge in [0.05, 0.1) is 0 Å². The highest BCUT2D eigenvalue weighted by Crippen LogP contribution is 2.21. The van der Waals surface area contributed by atoms with E-state index in [-0.39, 0.29) is 5.56 Å². The molecule has 0 bridgehead atoms. The number of aromatic amines is 1. The number of benzene rings is 2. The molecule has 2 heterocycles. The van der Waals surface area contributed by atoms with Crippen molar-refractivity contribution < 1.29 is 0 Å². The maximum atomic E-state index is 12.4. The van der Waals surface area contributed by atoms with E-state index < -0.39 is 0 Å². The molecule has 3 aromatic rings. The summed E-state index contributed by atoms with van der Waals surface area (Å²) < 4.78 is 0. The van der Waals surface area contributed by atoms with Crippen LogP contribution < -0.4 is 15.8 Å². The van der Waals surface area contributed by atoms with Crippen LogP contribution in [0.25, 0.3) is 0 Å². The third-order valence-corrected chi connectivity index (χ3v) is 5.52. The quantitative estimate of drug-likeness (QED) is 0.658. The van der Waals surface area contributed by atoms with Crippen molar-refractivity contribution in [1.29, 1.82) is 0 Å². The van der Waals surface area contributed by atoms with Gasteiger partial charge in [-0.25, -0.2) is 0 Å². The summed E-state index contributed by atoms with van der Waals surface area (Å²) in [5.74, 6) is 0.343. The van der Waals surface area contributed by atoms with Gasteiger partial charge in [0.25, 0.3) is 5.56 Å². The number of nitrogens with zero attached hydrogens (tertiary/aromatic N) is 4. The van der Waals surface area contributed by atoms with Gasteiger partial charge in [0.15, 0.2) is 0 Å². The lowest BCUT2D eigenvalue weighted by atomic mass is 10.1. The van der Waals surface area contributed by atoms with Gasteiger partial charge in [-0.15, -0.1) is 10.2 Å². The van der Waals surface area contributed by atoms with Gasteiger partial charge in [-0.05, 0) is 43.7 Å². The Labute approximate surface area is 176 Å². The van der Waals surface area contributed by atoms with Gasteiger partial charge in [-0.2, -0.15) is 0 Å². The van der Waals surface area contributed by atoms with Crippen LogP contribution >= 0.6 is 0 Å². The lowest BCUT2D eigenvalue weighted by molar-refractivity contribution is 0.209. The fourth-order valence-corrected chi connectivity index (χ4v) is 3.71. The van der Waals surface area contributed by atoms with Crippen LogP contribution in [0.4, 0.5) is 17.3 Å². The first kappa shape index (κ1) is 20.1. The van der Waals surface area contributed by atoms with Crippen LogP contribution in [0.2, 0.25) is 0 Å². The maximum Gasteiger partial charge on any atom is 0.274 e. The zero-order valence-corrected chi connectivity index (χ0v) is 17.5. The summed E-state index contributed by atoms with van der Waals surface area (Å²) in [6, 6.07) is 18.6. The lowest BCUT2D eigenvalue weighted by Crippen LogP contribution is -2.48. The monoisotopic (exact) mass is 404 g/mol. The normalized spacial score (nSPS) is 14.8. The Balaban J connectivity index is 1.38. The van der Waals surface area contributed by atoms with Crippen molar-refractivity contribution in [3.05, 3.63) is 76.2 Å². The van der Waals surface area contributed by atoms with Crippen LogP contribution in [-0.2, 0) is 6.42 Å². The second-order valence-electron chi connectivity index (χ2n) is 7.90. The van der Waals surface area contributed by atoms with Crippen molar-refractivity contribution in [3.8, 4) is 0 Å². The minimum atomic E-state index is -0.226. The predicted molar refractivity (Wildman–Crippen MR) is 121 cm³/mol. The number of rotatable bonds is 6. The Kier molecular flexibility index (Phi) is 6.09. The number of piperazine rings is 1. The Hall–Kier alpha value is -3.19. The molecular formula is C23H28N6O. The standard InChI is InChI=1S/C23H28N6O/c1-17(2)28-12-14-29(15-13-28)20-10-8-19(9-11-20)24-23-25-22(30)21(26-27-23)16-18-6-4-3-5-7-18/h3-11,17H,12-16H2,1-2H3,(H2,24,25,27,30). The summed E-state index contributed by atoms with van der Waals surface area (Å²) >= 11 is 0. The van der Waals surface area contributed by atoms with Gasteiger partial charge in [0.2, 0.25) is 5.95 Å². The van der Waals surface area contributed by atoms with Crippen molar-refractivity contribution in [1.82, 2.24) is 20.1 Å². The molecule has 0 spiro atoms. The summed E-state index contributed by atoms with van der Waals surface area (Å²) in [5, 5.41) is 11.4. The van der Waals surface area contributed by atoms with Crippen LogP contribution in [0, 0.1) is 0 Å². The molecule has 1 saturated heterocycles. The Morgan fingerprint density at radius 2 is 1.67 bits per heavy atom. The molecule has 2 N–H and O–H groups in total. The second kappa shape index (κ2) is 9.09. The molecule has 7 nitrogen and oxygen atoms in total. The molecule has 0 unspecified atom stereocenters. The van der Waals surface area contributed by atoms with E-state index in [9.17, 15) is 4.79 Å². The smallest absolute Gasteiger partial charge is 0.274 e. The van der Waals surface area contributed by atoms with Crippen molar-refractivity contribution in [3.63, 3.8) is 0 Å². The number of hydrogen-bond donors (Lipinski definition) is 2. The molecule has 30 heavy (non-hydrogen) atoms. The molecule has 1 aliphatic heterocycles. The Morgan fingerprint density at radius 3 is 2.30 bits per heavy atom. The van der Waals surface area contributed by atoms with Gasteiger partial charge < -0.3 is 10.2 Å². The van der Waals surface area contributed by atoms with Crippen LogP contribution in [0.5, 0.6) is 0 Å². The van der Waals surface area contributed by atoms with E-state index >= 15 is 0 Å². The minimum absolute atomic E-state index is 0.226. The van der Waals surface area contributed by atoms with Gasteiger partial charge in [-0.3, -0.25) is 14.7 Å². The molecule has 0 aliphatic carbocycles. The zero-order chi connectivity index (χ0) is 20.9. The molecular weight excluding hydrogens is 376 g/mol. The molecule has 0 amide bonds.